The van der Waals surface area contributed by atoms with E-state index in [1.54, 1.807) is 0 Å². The summed E-state index contributed by atoms with van der Waals surface area (Å²) in [5.41, 5.74) is 3.73. The monoisotopic (exact) mass is 285 g/mol. The van der Waals surface area contributed by atoms with Crippen LogP contribution >= 0.6 is 15.9 Å². The fourth-order valence-electron chi connectivity index (χ4n) is 2.18. The van der Waals surface area contributed by atoms with Gasteiger partial charge < -0.3 is 4.57 Å². The highest BCUT2D eigenvalue weighted by Gasteiger charge is 2.06. The minimum Gasteiger partial charge on any atom is -0.315 e. The average molecular weight is 286 g/mol. The fraction of sp³-hybridized carbons (Fsp3) is 0.0667. The maximum atomic E-state index is 3.60. The normalized spacial score (nSPS) is 10.9. The smallest absolute Gasteiger partial charge is 0.0597 e. The molecule has 1 aromatic heterocycles. The maximum Gasteiger partial charge on any atom is 0.0597 e. The number of halogens is 1. The summed E-state index contributed by atoms with van der Waals surface area (Å²) in [6, 6.07) is 16.8. The number of rotatable bonds is 1. The van der Waals surface area contributed by atoms with Gasteiger partial charge in [0.25, 0.3) is 0 Å². The highest BCUT2D eigenvalue weighted by Crippen LogP contribution is 2.27. The van der Waals surface area contributed by atoms with Gasteiger partial charge in [0.15, 0.2) is 0 Å². The molecule has 1 heterocycles. The van der Waals surface area contributed by atoms with E-state index in [0.717, 1.165) is 4.47 Å². The van der Waals surface area contributed by atoms with E-state index in [2.05, 4.69) is 76.1 Å². The highest BCUT2D eigenvalue weighted by atomic mass is 79.9. The minimum atomic E-state index is 1.11. The predicted molar refractivity (Wildman–Crippen MR) is 75.7 cm³/mol. The number of aryl methyl sites for hydroxylation is 1. The molecule has 17 heavy (non-hydrogen) atoms. The lowest BCUT2D eigenvalue weighted by molar-refractivity contribution is 1.12. The summed E-state index contributed by atoms with van der Waals surface area (Å²) >= 11 is 3.60. The summed E-state index contributed by atoms with van der Waals surface area (Å²) in [4.78, 5) is 0. The van der Waals surface area contributed by atoms with Crippen LogP contribution < -0.4 is 0 Å². The Morgan fingerprint density at radius 2 is 1.76 bits per heavy atom. The molecule has 2 aromatic carbocycles. The molecule has 0 saturated carbocycles. The molecule has 0 atom stereocenters. The lowest BCUT2D eigenvalue weighted by Gasteiger charge is -2.08. The van der Waals surface area contributed by atoms with E-state index in [1.165, 1.54) is 22.2 Å². The number of fused-ring (bicyclic) bond motifs is 1. The van der Waals surface area contributed by atoms with Gasteiger partial charge in [-0.15, -0.1) is 0 Å². The van der Waals surface area contributed by atoms with Gasteiger partial charge >= 0.3 is 0 Å². The Hall–Kier alpha value is -1.54. The van der Waals surface area contributed by atoms with Crippen molar-refractivity contribution in [3.05, 3.63) is 64.8 Å². The molecule has 0 aliphatic rings. The molecule has 0 radical (unpaired) electrons. The standard InChI is InChI=1S/C15H12BrN/c1-11-5-4-8-14-12(11)9-10-17(14)15-7-3-2-6-13(15)16/h2-10H,1H3. The van der Waals surface area contributed by atoms with Crippen LogP contribution in [-0.4, -0.2) is 4.57 Å². The van der Waals surface area contributed by atoms with Crippen molar-refractivity contribution in [1.82, 2.24) is 4.57 Å². The molecule has 2 heteroatoms. The summed E-state index contributed by atoms with van der Waals surface area (Å²) in [6.45, 7) is 2.15. The average Bonchev–Trinajstić information content (AvgIpc) is 2.75. The maximum absolute atomic E-state index is 3.60. The molecule has 1 nitrogen and oxygen atoms in total. The second-order valence-corrected chi connectivity index (χ2v) is 5.00. The van der Waals surface area contributed by atoms with E-state index in [1.807, 2.05) is 6.07 Å². The van der Waals surface area contributed by atoms with Gasteiger partial charge in [0, 0.05) is 16.1 Å². The molecule has 3 aromatic rings. The number of aromatic nitrogens is 1. The first-order chi connectivity index (χ1) is 8.27. The molecular formula is C15H12BrN. The van der Waals surface area contributed by atoms with Gasteiger partial charge in [-0.1, -0.05) is 24.3 Å². The Morgan fingerprint density at radius 3 is 2.59 bits per heavy atom. The Labute approximate surface area is 109 Å². The Morgan fingerprint density at radius 1 is 0.941 bits per heavy atom. The number of hydrogen-bond acceptors (Lipinski definition) is 0. The van der Waals surface area contributed by atoms with Crippen molar-refractivity contribution < 1.29 is 0 Å². The van der Waals surface area contributed by atoms with Gasteiger partial charge in [0.1, 0.15) is 0 Å². The molecule has 0 aliphatic heterocycles. The largest absolute Gasteiger partial charge is 0.315 e. The lowest BCUT2D eigenvalue weighted by atomic mass is 10.1. The third-order valence-corrected chi connectivity index (χ3v) is 3.73. The SMILES string of the molecule is Cc1cccc2c1ccn2-c1ccccc1Br. The van der Waals surface area contributed by atoms with E-state index in [4.69, 9.17) is 0 Å². The summed E-state index contributed by atoms with van der Waals surface area (Å²) in [5, 5.41) is 1.31. The summed E-state index contributed by atoms with van der Waals surface area (Å²) < 4.78 is 3.32. The highest BCUT2D eigenvalue weighted by molar-refractivity contribution is 9.10. The van der Waals surface area contributed by atoms with Crippen LogP contribution in [-0.2, 0) is 0 Å². The summed E-state index contributed by atoms with van der Waals surface area (Å²) in [5.74, 6) is 0. The molecule has 0 aliphatic carbocycles. The van der Waals surface area contributed by atoms with Crippen LogP contribution in [0.25, 0.3) is 16.6 Å². The van der Waals surface area contributed by atoms with E-state index < -0.39 is 0 Å². The predicted octanol–water partition coefficient (Wildman–Crippen LogP) is 4.70. The van der Waals surface area contributed by atoms with Crippen molar-refractivity contribution in [2.24, 2.45) is 0 Å². The zero-order valence-corrected chi connectivity index (χ0v) is 11.1. The first-order valence-electron chi connectivity index (χ1n) is 5.59. The van der Waals surface area contributed by atoms with Crippen LogP contribution in [0.5, 0.6) is 0 Å². The molecular weight excluding hydrogens is 274 g/mol. The van der Waals surface area contributed by atoms with Crippen molar-refractivity contribution >= 4 is 26.8 Å². The second kappa shape index (κ2) is 4.04. The zero-order chi connectivity index (χ0) is 11.8. The number of hydrogen-bond donors (Lipinski definition) is 0. The van der Waals surface area contributed by atoms with Crippen molar-refractivity contribution in [3.63, 3.8) is 0 Å². The summed E-state index contributed by atoms with van der Waals surface area (Å²) in [6.07, 6.45) is 2.12. The minimum absolute atomic E-state index is 1.11. The molecule has 0 N–H and O–H groups in total. The Kier molecular flexibility index (Phi) is 2.52. The van der Waals surface area contributed by atoms with E-state index in [-0.39, 0.29) is 0 Å². The van der Waals surface area contributed by atoms with Crippen molar-refractivity contribution in [2.75, 3.05) is 0 Å². The van der Waals surface area contributed by atoms with Crippen LogP contribution in [0.3, 0.4) is 0 Å². The fourth-order valence-corrected chi connectivity index (χ4v) is 2.65. The molecule has 0 saturated heterocycles. The molecule has 0 unspecified atom stereocenters. The second-order valence-electron chi connectivity index (χ2n) is 4.14. The van der Waals surface area contributed by atoms with Gasteiger partial charge in [-0.05, 0) is 52.7 Å². The first-order valence-corrected chi connectivity index (χ1v) is 6.38. The zero-order valence-electron chi connectivity index (χ0n) is 9.52. The van der Waals surface area contributed by atoms with Gasteiger partial charge in [-0.2, -0.15) is 0 Å². The van der Waals surface area contributed by atoms with E-state index in [0.29, 0.717) is 0 Å². The Balaban J connectivity index is 2.33. The van der Waals surface area contributed by atoms with E-state index >= 15 is 0 Å². The van der Waals surface area contributed by atoms with Gasteiger partial charge in [0.2, 0.25) is 0 Å². The number of nitrogens with zero attached hydrogens (tertiary/aromatic N) is 1. The van der Waals surface area contributed by atoms with Gasteiger partial charge in [-0.25, -0.2) is 0 Å². The quantitative estimate of drug-likeness (QED) is 0.611. The molecule has 3 rings (SSSR count). The number of benzene rings is 2. The van der Waals surface area contributed by atoms with Crippen molar-refractivity contribution in [1.29, 1.82) is 0 Å². The first kappa shape index (κ1) is 10.6. The molecule has 84 valence electrons. The van der Waals surface area contributed by atoms with Crippen LogP contribution in [0.2, 0.25) is 0 Å². The molecule has 0 spiro atoms. The topological polar surface area (TPSA) is 4.93 Å². The molecule has 0 bridgehead atoms. The molecule has 0 fully saturated rings. The van der Waals surface area contributed by atoms with Gasteiger partial charge in [-0.3, -0.25) is 0 Å². The number of para-hydroxylation sites is 1. The van der Waals surface area contributed by atoms with Crippen LogP contribution in [0, 0.1) is 6.92 Å². The third kappa shape index (κ3) is 1.69. The van der Waals surface area contributed by atoms with Crippen LogP contribution in [0.4, 0.5) is 0 Å². The lowest BCUT2D eigenvalue weighted by Crippen LogP contribution is -1.92. The van der Waals surface area contributed by atoms with E-state index in [9.17, 15) is 0 Å². The van der Waals surface area contributed by atoms with Crippen LogP contribution in [0.1, 0.15) is 5.56 Å². The van der Waals surface area contributed by atoms with Gasteiger partial charge in [0.05, 0.1) is 11.2 Å². The Bertz CT molecular complexity index is 682. The van der Waals surface area contributed by atoms with Crippen molar-refractivity contribution in [3.8, 4) is 5.69 Å². The third-order valence-electron chi connectivity index (χ3n) is 3.06. The molecule has 0 amide bonds. The van der Waals surface area contributed by atoms with Crippen LogP contribution in [0.15, 0.2) is 59.2 Å². The summed E-state index contributed by atoms with van der Waals surface area (Å²) in [7, 11) is 0. The van der Waals surface area contributed by atoms with Crippen molar-refractivity contribution in [2.45, 2.75) is 6.92 Å².